The maximum Gasteiger partial charge on any atom is 0.416 e. The fourth-order valence-electron chi connectivity index (χ4n) is 5.65. The van der Waals surface area contributed by atoms with Gasteiger partial charge in [0.25, 0.3) is 0 Å². The largest absolute Gasteiger partial charge is 0.416 e. The lowest BCUT2D eigenvalue weighted by molar-refractivity contribution is -0.137. The molecule has 1 unspecified atom stereocenters. The number of hydrogen-bond acceptors (Lipinski definition) is 10. The molecule has 230 valence electrons. The summed E-state index contributed by atoms with van der Waals surface area (Å²) in [6, 6.07) is 9.13. The van der Waals surface area contributed by atoms with Crippen molar-refractivity contribution in [3.8, 4) is 11.3 Å². The number of β-amino-alcohol motifs (C(OH)–C–C–N with tert-alkyl or cyclic N) is 1. The van der Waals surface area contributed by atoms with Crippen LogP contribution in [-0.4, -0.2) is 84.1 Å². The molecule has 1 aromatic heterocycles. The second-order valence-electron chi connectivity index (χ2n) is 10.6. The quantitative estimate of drug-likeness (QED) is 0.355. The van der Waals surface area contributed by atoms with Crippen LogP contribution >= 0.6 is 0 Å². The number of nitroso groups, excluding NO2 is 2. The summed E-state index contributed by atoms with van der Waals surface area (Å²) >= 11 is 0. The summed E-state index contributed by atoms with van der Waals surface area (Å²) in [6.45, 7) is 2.63. The zero-order valence-corrected chi connectivity index (χ0v) is 24.1. The number of halogens is 3. The average molecular weight is 622 g/mol. The molecule has 2 aliphatic rings. The normalized spacial score (nSPS) is 17.5. The van der Waals surface area contributed by atoms with Crippen molar-refractivity contribution in [3.05, 3.63) is 69.1 Å². The number of fused-ring (bicyclic) bond motifs is 1. The summed E-state index contributed by atoms with van der Waals surface area (Å²) in [5.74, 6) is 0. The average Bonchev–Trinajstić information content (AvgIpc) is 3.33. The van der Waals surface area contributed by atoms with Gasteiger partial charge >= 0.3 is 6.18 Å². The minimum absolute atomic E-state index is 0.0251. The van der Waals surface area contributed by atoms with Crippen LogP contribution in [0.1, 0.15) is 16.8 Å². The minimum Gasteiger partial charge on any atom is -0.390 e. The fourth-order valence-corrected chi connectivity index (χ4v) is 6.44. The highest BCUT2D eigenvalue weighted by molar-refractivity contribution is 7.88. The molecule has 3 heterocycles. The Morgan fingerprint density at radius 2 is 1.58 bits per heavy atom. The molecule has 2 aromatic carbocycles. The van der Waals surface area contributed by atoms with Gasteiger partial charge < -0.3 is 10.0 Å². The highest BCUT2D eigenvalue weighted by Gasteiger charge is 2.33. The molecule has 0 bridgehead atoms. The van der Waals surface area contributed by atoms with Crippen molar-refractivity contribution >= 4 is 27.1 Å². The standard InChI is InChI=1S/C27H30F3N7O5S/c1-43(41,42)36-10-9-24-21(17-36)25(18-5-7-19(8-6-18)27(28,29)30)31-37(24)16-20(38)15-34-11-13-35(14-12-34)26-22(32-39)3-2-4-23(26)33-40/h2-8,20,38H,9-17H2,1H3. The third-order valence-electron chi connectivity index (χ3n) is 7.78. The second-order valence-corrected chi connectivity index (χ2v) is 12.6. The first-order valence-electron chi connectivity index (χ1n) is 13.6. The molecule has 1 atom stereocenters. The van der Waals surface area contributed by atoms with Crippen molar-refractivity contribution in [2.45, 2.75) is 31.8 Å². The topological polar surface area (TPSA) is 141 Å². The van der Waals surface area contributed by atoms with Crippen LogP contribution in [0.15, 0.2) is 52.8 Å². The van der Waals surface area contributed by atoms with Gasteiger partial charge in [0, 0.05) is 69.1 Å². The number of piperazine rings is 1. The van der Waals surface area contributed by atoms with Crippen molar-refractivity contribution in [3.63, 3.8) is 0 Å². The van der Waals surface area contributed by atoms with Crippen LogP contribution < -0.4 is 4.90 Å². The lowest BCUT2D eigenvalue weighted by Gasteiger charge is -2.37. The second kappa shape index (κ2) is 12.1. The highest BCUT2D eigenvalue weighted by atomic mass is 32.2. The Labute approximate surface area is 245 Å². The Kier molecular flexibility index (Phi) is 8.65. The Morgan fingerprint density at radius 1 is 0.953 bits per heavy atom. The van der Waals surface area contributed by atoms with Gasteiger partial charge in [-0.15, -0.1) is 9.81 Å². The predicted octanol–water partition coefficient (Wildman–Crippen LogP) is 3.87. The van der Waals surface area contributed by atoms with Gasteiger partial charge in [-0.1, -0.05) is 18.2 Å². The number of anilines is 1. The number of benzene rings is 2. The maximum absolute atomic E-state index is 13.1. The molecule has 1 saturated heterocycles. The fraction of sp³-hybridized carbons (Fsp3) is 0.444. The number of hydrogen-bond donors (Lipinski definition) is 1. The molecule has 16 heteroatoms. The van der Waals surface area contributed by atoms with Crippen molar-refractivity contribution in [2.75, 3.05) is 50.4 Å². The molecule has 2 aliphatic heterocycles. The summed E-state index contributed by atoms with van der Waals surface area (Å²) in [7, 11) is -3.52. The van der Waals surface area contributed by atoms with E-state index < -0.39 is 27.9 Å². The van der Waals surface area contributed by atoms with E-state index >= 15 is 0 Å². The monoisotopic (exact) mass is 621 g/mol. The molecule has 1 N–H and O–H groups in total. The van der Waals surface area contributed by atoms with Crippen LogP contribution in [0.4, 0.5) is 30.2 Å². The Bertz CT molecular complexity index is 1580. The smallest absolute Gasteiger partial charge is 0.390 e. The Hall–Kier alpha value is -3.73. The van der Waals surface area contributed by atoms with E-state index in [2.05, 4.69) is 15.5 Å². The van der Waals surface area contributed by atoms with Gasteiger partial charge in [-0.05, 0) is 34.6 Å². The van der Waals surface area contributed by atoms with E-state index in [1.807, 2.05) is 9.80 Å². The third kappa shape index (κ3) is 6.61. The van der Waals surface area contributed by atoms with E-state index in [1.54, 1.807) is 10.7 Å². The molecule has 1 fully saturated rings. The van der Waals surface area contributed by atoms with Gasteiger partial charge in [0.05, 0.1) is 35.8 Å². The van der Waals surface area contributed by atoms with E-state index in [4.69, 9.17) is 0 Å². The van der Waals surface area contributed by atoms with Crippen molar-refractivity contribution in [2.24, 2.45) is 10.4 Å². The first-order chi connectivity index (χ1) is 20.4. The molecule has 0 aliphatic carbocycles. The number of para-hydroxylation sites is 1. The van der Waals surface area contributed by atoms with Crippen molar-refractivity contribution in [1.29, 1.82) is 0 Å². The summed E-state index contributed by atoms with van der Waals surface area (Å²) in [5, 5.41) is 21.7. The molecule has 0 amide bonds. The first kappa shape index (κ1) is 30.7. The number of rotatable bonds is 9. The van der Waals surface area contributed by atoms with Crippen molar-refractivity contribution < 1.29 is 26.7 Å². The number of sulfonamides is 1. The number of aliphatic hydroxyl groups is 1. The number of aromatic nitrogens is 2. The Balaban J connectivity index is 1.31. The summed E-state index contributed by atoms with van der Waals surface area (Å²) in [6.07, 6.45) is -3.92. The summed E-state index contributed by atoms with van der Waals surface area (Å²) in [5.41, 5.74) is 1.96. The minimum atomic E-state index is -4.50. The zero-order valence-electron chi connectivity index (χ0n) is 23.2. The summed E-state index contributed by atoms with van der Waals surface area (Å²) < 4.78 is 66.9. The highest BCUT2D eigenvalue weighted by Crippen LogP contribution is 2.38. The first-order valence-corrected chi connectivity index (χ1v) is 15.4. The van der Waals surface area contributed by atoms with Gasteiger partial charge in [0.1, 0.15) is 11.4 Å². The molecular formula is C27H30F3N7O5S. The lowest BCUT2D eigenvalue weighted by Crippen LogP contribution is -2.49. The van der Waals surface area contributed by atoms with Gasteiger partial charge in [0.15, 0.2) is 0 Å². The van der Waals surface area contributed by atoms with Gasteiger partial charge in [0.2, 0.25) is 10.0 Å². The molecule has 0 spiro atoms. The third-order valence-corrected chi connectivity index (χ3v) is 9.03. The van der Waals surface area contributed by atoms with Crippen LogP contribution in [0.2, 0.25) is 0 Å². The molecule has 0 saturated carbocycles. The molecule has 43 heavy (non-hydrogen) atoms. The van der Waals surface area contributed by atoms with Crippen LogP contribution in [0.5, 0.6) is 0 Å². The SMILES string of the molecule is CS(=O)(=O)N1CCc2c(c(-c3ccc(C(F)(F)F)cc3)nn2CC(O)CN2CCN(c3c(N=O)cccc3N=O)CC2)C1. The maximum atomic E-state index is 13.1. The molecule has 12 nitrogen and oxygen atoms in total. The van der Waals surface area contributed by atoms with E-state index in [0.717, 1.165) is 24.1 Å². The van der Waals surface area contributed by atoms with Crippen molar-refractivity contribution in [1.82, 2.24) is 19.0 Å². The lowest BCUT2D eigenvalue weighted by atomic mass is 10.0. The molecule has 0 radical (unpaired) electrons. The van der Waals surface area contributed by atoms with Crippen LogP contribution in [-0.2, 0) is 35.7 Å². The van der Waals surface area contributed by atoms with Crippen LogP contribution in [0, 0.1) is 9.81 Å². The van der Waals surface area contributed by atoms with Crippen LogP contribution in [0.25, 0.3) is 11.3 Å². The van der Waals surface area contributed by atoms with E-state index in [-0.39, 0.29) is 31.0 Å². The Morgan fingerprint density at radius 3 is 2.14 bits per heavy atom. The molecule has 3 aromatic rings. The van der Waals surface area contributed by atoms with Gasteiger partial charge in [-0.2, -0.15) is 22.6 Å². The number of aliphatic hydroxyl groups excluding tert-OH is 1. The predicted molar refractivity (Wildman–Crippen MR) is 154 cm³/mol. The van der Waals surface area contributed by atoms with Gasteiger partial charge in [-0.3, -0.25) is 9.58 Å². The van der Waals surface area contributed by atoms with E-state index in [9.17, 15) is 36.5 Å². The molecular weight excluding hydrogens is 591 g/mol. The van der Waals surface area contributed by atoms with Gasteiger partial charge in [-0.25, -0.2) is 8.42 Å². The van der Waals surface area contributed by atoms with Crippen LogP contribution in [0.3, 0.4) is 0 Å². The number of alkyl halides is 3. The van der Waals surface area contributed by atoms with E-state index in [1.165, 1.54) is 28.6 Å². The van der Waals surface area contributed by atoms with E-state index in [0.29, 0.717) is 61.7 Å². The molecule has 5 rings (SSSR count). The number of nitrogens with zero attached hydrogens (tertiary/aromatic N) is 7. The summed E-state index contributed by atoms with van der Waals surface area (Å²) in [4.78, 5) is 26.5. The zero-order chi connectivity index (χ0) is 30.9.